The predicted molar refractivity (Wildman–Crippen MR) is 110 cm³/mol. The van der Waals surface area contributed by atoms with Crippen LogP contribution in [0, 0.1) is 0 Å². The number of hydrogen-bond donors (Lipinski definition) is 3. The summed E-state index contributed by atoms with van der Waals surface area (Å²) in [5, 5.41) is 28.2. The molecule has 4 heteroatoms. The molecule has 3 N–H and O–H groups in total. The van der Waals surface area contributed by atoms with Crippen LogP contribution < -0.4 is 4.74 Å². The van der Waals surface area contributed by atoms with Crippen molar-refractivity contribution in [1.29, 1.82) is 0 Å². The summed E-state index contributed by atoms with van der Waals surface area (Å²) in [7, 11) is 0. The lowest BCUT2D eigenvalue weighted by Crippen LogP contribution is -2.03. The number of rotatable bonds is 8. The first-order valence-corrected chi connectivity index (χ1v) is 9.41. The summed E-state index contributed by atoms with van der Waals surface area (Å²) in [5.74, 6) is 0.766. The molecule has 0 aromatic heterocycles. The molecule has 0 aliphatic heterocycles. The van der Waals surface area contributed by atoms with Crippen LogP contribution in [0.1, 0.15) is 29.2 Å². The van der Waals surface area contributed by atoms with Gasteiger partial charge < -0.3 is 20.1 Å². The Morgan fingerprint density at radius 1 is 0.786 bits per heavy atom. The van der Waals surface area contributed by atoms with Gasteiger partial charge in [0.1, 0.15) is 12.4 Å². The summed E-state index contributed by atoms with van der Waals surface area (Å²) in [5.41, 5.74) is 5.65. The Hall–Kier alpha value is -2.66. The lowest BCUT2D eigenvalue weighted by atomic mass is 10.0. The minimum Gasteiger partial charge on any atom is -0.489 e. The van der Waals surface area contributed by atoms with Crippen molar-refractivity contribution in [2.75, 3.05) is 0 Å². The average Bonchev–Trinajstić information content (AvgIpc) is 2.72. The van der Waals surface area contributed by atoms with Crippen LogP contribution in [-0.2, 0) is 26.2 Å². The molecule has 0 heterocycles. The molecule has 1 unspecified atom stereocenters. The topological polar surface area (TPSA) is 69.9 Å². The highest BCUT2D eigenvalue weighted by Crippen LogP contribution is 2.25. The zero-order chi connectivity index (χ0) is 19.9. The van der Waals surface area contributed by atoms with E-state index in [1.54, 1.807) is 6.92 Å². The fourth-order valence-corrected chi connectivity index (χ4v) is 3.18. The van der Waals surface area contributed by atoms with Gasteiger partial charge in [0, 0.05) is 0 Å². The Bertz CT molecular complexity index is 901. The number of benzene rings is 3. The maximum Gasteiger partial charge on any atom is 0.120 e. The van der Waals surface area contributed by atoms with E-state index in [1.807, 2.05) is 54.6 Å². The van der Waals surface area contributed by atoms with Crippen molar-refractivity contribution in [3.8, 4) is 16.9 Å². The third kappa shape index (κ3) is 5.20. The van der Waals surface area contributed by atoms with Gasteiger partial charge in [-0.05, 0) is 64.9 Å². The molecule has 0 saturated heterocycles. The van der Waals surface area contributed by atoms with E-state index in [0.717, 1.165) is 39.1 Å². The van der Waals surface area contributed by atoms with Crippen molar-refractivity contribution >= 4 is 0 Å². The van der Waals surface area contributed by atoms with Crippen LogP contribution in [0.3, 0.4) is 0 Å². The van der Waals surface area contributed by atoms with E-state index in [4.69, 9.17) is 4.74 Å². The maximum absolute atomic E-state index is 9.50. The molecule has 146 valence electrons. The summed E-state index contributed by atoms with van der Waals surface area (Å²) in [6.07, 6.45) is 0.300. The van der Waals surface area contributed by atoms with Crippen molar-refractivity contribution in [3.63, 3.8) is 0 Å². The van der Waals surface area contributed by atoms with Crippen LogP contribution in [-0.4, -0.2) is 21.4 Å². The Labute approximate surface area is 165 Å². The number of aliphatic hydroxyl groups is 3. The Morgan fingerprint density at radius 3 is 2.18 bits per heavy atom. The Balaban J connectivity index is 1.70. The highest BCUT2D eigenvalue weighted by Gasteiger charge is 2.05. The first-order chi connectivity index (χ1) is 13.6. The van der Waals surface area contributed by atoms with Gasteiger partial charge in [0.2, 0.25) is 0 Å². The van der Waals surface area contributed by atoms with Crippen LogP contribution in [0.25, 0.3) is 11.1 Å². The van der Waals surface area contributed by atoms with E-state index in [1.165, 1.54) is 0 Å². The lowest BCUT2D eigenvalue weighted by molar-refractivity contribution is 0.195. The van der Waals surface area contributed by atoms with Crippen molar-refractivity contribution < 1.29 is 20.1 Å². The second kappa shape index (κ2) is 9.51. The molecule has 3 aromatic carbocycles. The predicted octanol–water partition coefficient (Wildman–Crippen LogP) is 3.84. The second-order valence-electron chi connectivity index (χ2n) is 6.99. The molecular formula is C24H26O4. The molecule has 28 heavy (non-hydrogen) atoms. The van der Waals surface area contributed by atoms with Gasteiger partial charge >= 0.3 is 0 Å². The van der Waals surface area contributed by atoms with Gasteiger partial charge in [0.15, 0.2) is 0 Å². The molecule has 0 bridgehead atoms. The highest BCUT2D eigenvalue weighted by atomic mass is 16.5. The normalized spacial score (nSPS) is 12.0. The molecular weight excluding hydrogens is 352 g/mol. The van der Waals surface area contributed by atoms with E-state index in [0.29, 0.717) is 13.0 Å². The average molecular weight is 378 g/mol. The summed E-state index contributed by atoms with van der Waals surface area (Å²) in [6.45, 7) is 1.98. The Kier molecular flexibility index (Phi) is 6.82. The van der Waals surface area contributed by atoms with Crippen molar-refractivity contribution in [2.24, 2.45) is 0 Å². The first kappa shape index (κ1) is 20.1. The van der Waals surface area contributed by atoms with Gasteiger partial charge in [-0.2, -0.15) is 0 Å². The molecule has 0 aliphatic carbocycles. The van der Waals surface area contributed by atoms with Gasteiger partial charge in [0.25, 0.3) is 0 Å². The second-order valence-corrected chi connectivity index (χ2v) is 6.99. The van der Waals surface area contributed by atoms with Gasteiger partial charge in [0.05, 0.1) is 19.3 Å². The van der Waals surface area contributed by atoms with Crippen molar-refractivity contribution in [2.45, 2.75) is 39.3 Å². The number of hydrogen-bond acceptors (Lipinski definition) is 4. The van der Waals surface area contributed by atoms with E-state index in [2.05, 4.69) is 12.1 Å². The monoisotopic (exact) mass is 378 g/mol. The Morgan fingerprint density at radius 2 is 1.50 bits per heavy atom. The highest BCUT2D eigenvalue weighted by molar-refractivity contribution is 5.65. The minimum absolute atomic E-state index is 0.0882. The SMILES string of the molecule is CC(O)Cc1ccc(-c2cccc(OCc3ccc(CO)c(CO)c3)c2)cc1. The van der Waals surface area contributed by atoms with E-state index < -0.39 is 0 Å². The summed E-state index contributed by atoms with van der Waals surface area (Å²) in [6, 6.07) is 21.7. The molecule has 1 atom stereocenters. The third-order valence-corrected chi connectivity index (χ3v) is 4.67. The fraction of sp³-hybridized carbons (Fsp3) is 0.250. The fourth-order valence-electron chi connectivity index (χ4n) is 3.18. The molecule has 4 nitrogen and oxygen atoms in total. The molecule has 0 saturated carbocycles. The van der Waals surface area contributed by atoms with Crippen LogP contribution in [0.15, 0.2) is 66.7 Å². The van der Waals surface area contributed by atoms with Gasteiger partial charge in [-0.25, -0.2) is 0 Å². The largest absolute Gasteiger partial charge is 0.489 e. The summed E-state index contributed by atoms with van der Waals surface area (Å²) < 4.78 is 5.93. The van der Waals surface area contributed by atoms with Crippen LogP contribution in [0.4, 0.5) is 0 Å². The smallest absolute Gasteiger partial charge is 0.120 e. The molecule has 0 radical (unpaired) electrons. The van der Waals surface area contributed by atoms with Crippen LogP contribution in [0.2, 0.25) is 0 Å². The summed E-state index contributed by atoms with van der Waals surface area (Å²) in [4.78, 5) is 0. The van der Waals surface area contributed by atoms with Crippen LogP contribution >= 0.6 is 0 Å². The standard InChI is InChI=1S/C24H26O4/c1-17(27)11-18-5-8-20(9-6-18)21-3-2-4-24(13-21)28-16-19-7-10-22(14-25)23(12-19)15-26/h2-10,12-13,17,25-27H,11,14-16H2,1H3. The molecule has 3 rings (SSSR count). The van der Waals surface area contributed by atoms with Crippen molar-refractivity contribution in [3.05, 3.63) is 89.0 Å². The summed E-state index contributed by atoms with van der Waals surface area (Å²) >= 11 is 0. The van der Waals surface area contributed by atoms with Crippen molar-refractivity contribution in [1.82, 2.24) is 0 Å². The maximum atomic E-state index is 9.50. The van der Waals surface area contributed by atoms with Crippen LogP contribution in [0.5, 0.6) is 5.75 Å². The van der Waals surface area contributed by atoms with Gasteiger partial charge in [-0.1, -0.05) is 48.5 Å². The van der Waals surface area contributed by atoms with Gasteiger partial charge in [-0.15, -0.1) is 0 Å². The first-order valence-electron chi connectivity index (χ1n) is 9.41. The quantitative estimate of drug-likeness (QED) is 0.557. The lowest BCUT2D eigenvalue weighted by Gasteiger charge is -2.11. The molecule has 0 aliphatic rings. The molecule has 0 spiro atoms. The van der Waals surface area contributed by atoms with E-state index in [-0.39, 0.29) is 19.3 Å². The molecule has 0 fully saturated rings. The third-order valence-electron chi connectivity index (χ3n) is 4.67. The minimum atomic E-state index is -0.347. The zero-order valence-electron chi connectivity index (χ0n) is 16.0. The zero-order valence-corrected chi connectivity index (χ0v) is 16.0. The van der Waals surface area contributed by atoms with E-state index in [9.17, 15) is 15.3 Å². The molecule has 0 amide bonds. The van der Waals surface area contributed by atoms with E-state index >= 15 is 0 Å². The molecule has 3 aromatic rings. The number of aliphatic hydroxyl groups excluding tert-OH is 3. The number of ether oxygens (including phenoxy) is 1. The van der Waals surface area contributed by atoms with Gasteiger partial charge in [-0.3, -0.25) is 0 Å².